The Bertz CT molecular complexity index is 703. The van der Waals surface area contributed by atoms with E-state index in [1.54, 1.807) is 24.3 Å². The molecule has 2 N–H and O–H groups in total. The minimum atomic E-state index is -1.08. The molecule has 5 nitrogen and oxygen atoms in total. The smallest absolute Gasteiger partial charge is 0.353 e. The number of carboxylic acid groups (broad SMARTS) is 1. The van der Waals surface area contributed by atoms with E-state index >= 15 is 0 Å². The summed E-state index contributed by atoms with van der Waals surface area (Å²) in [7, 11) is 1.28. The van der Waals surface area contributed by atoms with Crippen LogP contribution in [0, 0.1) is 11.8 Å². The Morgan fingerprint density at radius 2 is 2.11 bits per heavy atom. The molecule has 0 aliphatic heterocycles. The van der Waals surface area contributed by atoms with Gasteiger partial charge in [0.1, 0.15) is 12.1 Å². The predicted molar refractivity (Wildman–Crippen MR) is 68.8 cm³/mol. The van der Waals surface area contributed by atoms with Crippen molar-refractivity contribution in [2.24, 2.45) is 0 Å². The van der Waals surface area contributed by atoms with Crippen LogP contribution in [-0.2, 0) is 9.53 Å². The predicted octanol–water partition coefficient (Wildman–Crippen LogP) is 1.78. The van der Waals surface area contributed by atoms with Gasteiger partial charge in [-0.2, -0.15) is 0 Å². The van der Waals surface area contributed by atoms with E-state index in [1.165, 1.54) is 7.11 Å². The molecule has 0 bridgehead atoms. The van der Waals surface area contributed by atoms with Crippen LogP contribution < -0.4 is 0 Å². The maximum atomic E-state index is 11.2. The van der Waals surface area contributed by atoms with E-state index in [-0.39, 0.29) is 12.1 Å². The van der Waals surface area contributed by atoms with E-state index in [0.717, 1.165) is 5.39 Å². The number of rotatable bonds is 2. The number of hydrogen-bond donors (Lipinski definition) is 2. The zero-order valence-electron chi connectivity index (χ0n) is 10.2. The molecule has 2 aromatic rings. The molecule has 0 spiro atoms. The molecule has 0 saturated carbocycles. The fourth-order valence-corrected chi connectivity index (χ4v) is 1.71. The highest BCUT2D eigenvalue weighted by Gasteiger charge is 2.14. The minimum Gasteiger partial charge on any atom is -0.477 e. The summed E-state index contributed by atoms with van der Waals surface area (Å²) >= 11 is 0. The van der Waals surface area contributed by atoms with Crippen LogP contribution in [-0.4, -0.2) is 29.1 Å². The molecule has 0 saturated heterocycles. The second-order valence-corrected chi connectivity index (χ2v) is 3.78. The standard InChI is InChI=1S/C14H11NO4/c1-19-12(16)8-4-6-10-9-5-2-3-7-11(9)15-13(10)14(17)18/h2-3,5,7,15H,8H2,1H3,(H,17,18). The average Bonchev–Trinajstić information content (AvgIpc) is 2.78. The van der Waals surface area contributed by atoms with Gasteiger partial charge < -0.3 is 14.8 Å². The van der Waals surface area contributed by atoms with Gasteiger partial charge in [-0.1, -0.05) is 30.0 Å². The first-order valence-electron chi connectivity index (χ1n) is 5.53. The van der Waals surface area contributed by atoms with Crippen molar-refractivity contribution >= 4 is 22.8 Å². The zero-order valence-corrected chi connectivity index (χ0v) is 10.2. The van der Waals surface area contributed by atoms with Crippen molar-refractivity contribution in [2.45, 2.75) is 6.42 Å². The number of aromatic amines is 1. The summed E-state index contributed by atoms with van der Waals surface area (Å²) in [4.78, 5) is 24.9. The first-order valence-corrected chi connectivity index (χ1v) is 5.53. The van der Waals surface area contributed by atoms with Crippen molar-refractivity contribution in [3.05, 3.63) is 35.5 Å². The Labute approximate surface area is 109 Å². The molecule has 0 radical (unpaired) electrons. The van der Waals surface area contributed by atoms with E-state index in [1.807, 2.05) is 0 Å². The number of ether oxygens (including phenoxy) is 1. The first kappa shape index (κ1) is 12.7. The fourth-order valence-electron chi connectivity index (χ4n) is 1.71. The third-order valence-electron chi connectivity index (χ3n) is 2.59. The molecule has 0 aliphatic carbocycles. The third kappa shape index (κ3) is 2.58. The summed E-state index contributed by atoms with van der Waals surface area (Å²) in [6.07, 6.45) is -0.0743. The van der Waals surface area contributed by atoms with Crippen LogP contribution in [0.3, 0.4) is 0 Å². The summed E-state index contributed by atoms with van der Waals surface area (Å²) in [6, 6.07) is 7.15. The zero-order chi connectivity index (χ0) is 13.8. The van der Waals surface area contributed by atoms with Gasteiger partial charge in [-0.3, -0.25) is 4.79 Å². The average molecular weight is 257 g/mol. The lowest BCUT2D eigenvalue weighted by Gasteiger charge is -1.92. The molecule has 0 amide bonds. The maximum absolute atomic E-state index is 11.2. The highest BCUT2D eigenvalue weighted by Crippen LogP contribution is 2.21. The van der Waals surface area contributed by atoms with Crippen LogP contribution in [0.25, 0.3) is 10.9 Å². The number of aromatic nitrogens is 1. The molecule has 5 heteroatoms. The molecule has 0 fully saturated rings. The second kappa shape index (κ2) is 5.27. The lowest BCUT2D eigenvalue weighted by atomic mass is 10.1. The molecule has 1 heterocycles. The van der Waals surface area contributed by atoms with Gasteiger partial charge >= 0.3 is 11.9 Å². The van der Waals surface area contributed by atoms with Gasteiger partial charge in [0, 0.05) is 10.9 Å². The number of carbonyl (C=O) groups excluding carboxylic acids is 1. The van der Waals surface area contributed by atoms with Crippen LogP contribution in [0.1, 0.15) is 22.5 Å². The number of nitrogens with one attached hydrogen (secondary N) is 1. The normalized spacial score (nSPS) is 9.74. The molecular formula is C14H11NO4. The number of carboxylic acids is 1. The molecule has 1 aromatic carbocycles. The highest BCUT2D eigenvalue weighted by atomic mass is 16.5. The molecule has 96 valence electrons. The quantitative estimate of drug-likeness (QED) is 0.635. The molecule has 19 heavy (non-hydrogen) atoms. The van der Waals surface area contributed by atoms with E-state index in [9.17, 15) is 9.59 Å². The van der Waals surface area contributed by atoms with Crippen LogP contribution in [0.2, 0.25) is 0 Å². The summed E-state index contributed by atoms with van der Waals surface area (Å²) < 4.78 is 4.47. The summed E-state index contributed by atoms with van der Waals surface area (Å²) in [5.74, 6) is 3.80. The first-order chi connectivity index (χ1) is 9.13. The van der Waals surface area contributed by atoms with Crippen molar-refractivity contribution in [3.63, 3.8) is 0 Å². The van der Waals surface area contributed by atoms with Crippen molar-refractivity contribution in [3.8, 4) is 11.8 Å². The third-order valence-corrected chi connectivity index (χ3v) is 2.59. The number of carbonyl (C=O) groups is 2. The Hall–Kier alpha value is -2.74. The van der Waals surface area contributed by atoms with Gasteiger partial charge in [-0.05, 0) is 6.07 Å². The summed E-state index contributed by atoms with van der Waals surface area (Å²) in [6.45, 7) is 0. The van der Waals surface area contributed by atoms with Crippen molar-refractivity contribution in [2.75, 3.05) is 7.11 Å². The number of esters is 1. The van der Waals surface area contributed by atoms with Crippen molar-refractivity contribution in [1.82, 2.24) is 4.98 Å². The van der Waals surface area contributed by atoms with Crippen LogP contribution in [0.4, 0.5) is 0 Å². The van der Waals surface area contributed by atoms with Gasteiger partial charge in [0.05, 0.1) is 12.7 Å². The van der Waals surface area contributed by atoms with Crippen LogP contribution in [0.15, 0.2) is 24.3 Å². The van der Waals surface area contributed by atoms with Gasteiger partial charge in [-0.15, -0.1) is 0 Å². The summed E-state index contributed by atoms with van der Waals surface area (Å²) in [5.41, 5.74) is 1.10. The molecule has 2 rings (SSSR count). The number of fused-ring (bicyclic) bond motifs is 1. The lowest BCUT2D eigenvalue weighted by molar-refractivity contribution is -0.139. The SMILES string of the molecule is COC(=O)CC#Cc1c(C(=O)O)[nH]c2ccccc12. The molecular weight excluding hydrogens is 246 g/mol. The molecule has 0 unspecified atom stereocenters. The summed E-state index contributed by atoms with van der Waals surface area (Å²) in [5, 5.41) is 9.85. The Morgan fingerprint density at radius 3 is 2.79 bits per heavy atom. The molecule has 0 aliphatic rings. The van der Waals surface area contributed by atoms with E-state index in [0.29, 0.717) is 11.1 Å². The van der Waals surface area contributed by atoms with Crippen LogP contribution in [0.5, 0.6) is 0 Å². The maximum Gasteiger partial charge on any atom is 0.353 e. The molecule has 0 atom stereocenters. The number of para-hydroxylation sites is 1. The van der Waals surface area contributed by atoms with E-state index in [4.69, 9.17) is 5.11 Å². The van der Waals surface area contributed by atoms with E-state index in [2.05, 4.69) is 21.6 Å². The fraction of sp³-hybridized carbons (Fsp3) is 0.143. The second-order valence-electron chi connectivity index (χ2n) is 3.78. The minimum absolute atomic E-state index is 0.0264. The molecule has 1 aromatic heterocycles. The van der Waals surface area contributed by atoms with E-state index < -0.39 is 11.9 Å². The Kier molecular flexibility index (Phi) is 3.53. The topological polar surface area (TPSA) is 79.4 Å². The van der Waals surface area contributed by atoms with Crippen molar-refractivity contribution in [1.29, 1.82) is 0 Å². The largest absolute Gasteiger partial charge is 0.477 e. The number of hydrogen-bond acceptors (Lipinski definition) is 3. The number of benzene rings is 1. The monoisotopic (exact) mass is 257 g/mol. The van der Waals surface area contributed by atoms with Gasteiger partial charge in [-0.25, -0.2) is 4.79 Å². The highest BCUT2D eigenvalue weighted by molar-refractivity contribution is 5.99. The Balaban J connectivity index is 2.48. The van der Waals surface area contributed by atoms with Gasteiger partial charge in [0.2, 0.25) is 0 Å². The van der Waals surface area contributed by atoms with Gasteiger partial charge in [0.15, 0.2) is 0 Å². The van der Waals surface area contributed by atoms with Gasteiger partial charge in [0.25, 0.3) is 0 Å². The number of aromatic carboxylic acids is 1. The Morgan fingerprint density at radius 1 is 1.37 bits per heavy atom. The number of methoxy groups -OCH3 is 1. The van der Waals surface area contributed by atoms with Crippen LogP contribution >= 0.6 is 0 Å². The number of H-pyrrole nitrogens is 1. The lowest BCUT2D eigenvalue weighted by Crippen LogP contribution is -2.00. The van der Waals surface area contributed by atoms with Crippen molar-refractivity contribution < 1.29 is 19.4 Å².